The second kappa shape index (κ2) is 3.83. The van der Waals surface area contributed by atoms with E-state index in [9.17, 15) is 4.79 Å². The molecule has 0 fully saturated rings. The van der Waals surface area contributed by atoms with Crippen LogP contribution >= 0.6 is 0 Å². The maximum atomic E-state index is 11.9. The van der Waals surface area contributed by atoms with Crippen LogP contribution in [0.5, 0.6) is 0 Å². The highest BCUT2D eigenvalue weighted by atomic mass is 16.3. The van der Waals surface area contributed by atoms with Crippen molar-refractivity contribution in [3.8, 4) is 11.5 Å². The molecule has 4 heteroatoms. The van der Waals surface area contributed by atoms with Crippen LogP contribution in [0.1, 0.15) is 0 Å². The number of aromatic nitrogens is 2. The molecule has 0 atom stereocenters. The lowest BCUT2D eigenvalue weighted by Gasteiger charge is -2.01. The number of para-hydroxylation sites is 1. The van der Waals surface area contributed by atoms with Crippen molar-refractivity contribution in [1.29, 1.82) is 0 Å². The summed E-state index contributed by atoms with van der Waals surface area (Å²) in [7, 11) is 0. The molecule has 0 aliphatic heterocycles. The Hall–Kier alpha value is -2.49. The molecule has 2 heterocycles. The predicted molar refractivity (Wildman–Crippen MR) is 63.5 cm³/mol. The smallest absolute Gasteiger partial charge is 0.193 e. The van der Waals surface area contributed by atoms with Crippen molar-refractivity contribution in [3.05, 3.63) is 59.1 Å². The Bertz CT molecular complexity index is 720. The number of hydrogen-bond donors (Lipinski definition) is 0. The predicted octanol–water partition coefficient (Wildman–Crippen LogP) is 2.25. The van der Waals surface area contributed by atoms with Gasteiger partial charge in [-0.25, -0.2) is 9.97 Å². The summed E-state index contributed by atoms with van der Waals surface area (Å²) in [5, 5.41) is 0.574. The molecule has 0 spiro atoms. The summed E-state index contributed by atoms with van der Waals surface area (Å²) in [4.78, 5) is 19.7. The fourth-order valence-electron chi connectivity index (χ4n) is 1.67. The molecule has 0 bridgehead atoms. The summed E-state index contributed by atoms with van der Waals surface area (Å²) in [5.41, 5.74) is 1.09. The molecule has 0 aliphatic carbocycles. The quantitative estimate of drug-likeness (QED) is 0.636. The Morgan fingerprint density at radius 3 is 2.82 bits per heavy atom. The minimum Gasteiger partial charge on any atom is -0.454 e. The van der Waals surface area contributed by atoms with Crippen LogP contribution in [0.25, 0.3) is 22.4 Å². The molecule has 3 rings (SSSR count). The summed E-state index contributed by atoms with van der Waals surface area (Å²) in [6.45, 7) is 0. The van der Waals surface area contributed by atoms with Gasteiger partial charge in [0.25, 0.3) is 0 Å². The summed E-state index contributed by atoms with van der Waals surface area (Å²) in [6.07, 6.45) is 3.03. The summed E-state index contributed by atoms with van der Waals surface area (Å²) in [6, 6.07) is 10.3. The Morgan fingerprint density at radius 1 is 1.12 bits per heavy atom. The van der Waals surface area contributed by atoms with Crippen molar-refractivity contribution in [2.45, 2.75) is 0 Å². The molecule has 2 aromatic heterocycles. The second-order valence-corrected chi connectivity index (χ2v) is 3.57. The molecular weight excluding hydrogens is 216 g/mol. The van der Waals surface area contributed by atoms with E-state index >= 15 is 0 Å². The second-order valence-electron chi connectivity index (χ2n) is 3.57. The van der Waals surface area contributed by atoms with Gasteiger partial charge in [0, 0.05) is 12.3 Å². The Labute approximate surface area is 96.6 Å². The van der Waals surface area contributed by atoms with Crippen LogP contribution < -0.4 is 5.43 Å². The van der Waals surface area contributed by atoms with E-state index in [-0.39, 0.29) is 5.43 Å². The van der Waals surface area contributed by atoms with Crippen molar-refractivity contribution < 1.29 is 4.42 Å². The molecule has 0 saturated carbocycles. The van der Waals surface area contributed by atoms with E-state index in [1.165, 1.54) is 12.4 Å². The minimum absolute atomic E-state index is 0.0690. The highest BCUT2D eigenvalue weighted by Gasteiger charge is 2.06. The van der Waals surface area contributed by atoms with E-state index in [2.05, 4.69) is 9.97 Å². The molecule has 0 saturated heterocycles. The SMILES string of the molecule is O=c1cc(-c2ccncn2)oc2ccccc12. The van der Waals surface area contributed by atoms with Crippen LogP contribution in [-0.4, -0.2) is 9.97 Å². The first kappa shape index (κ1) is 9.72. The van der Waals surface area contributed by atoms with Gasteiger partial charge in [0.1, 0.15) is 17.6 Å². The van der Waals surface area contributed by atoms with Crippen molar-refractivity contribution >= 4 is 11.0 Å². The summed E-state index contributed by atoms with van der Waals surface area (Å²) >= 11 is 0. The molecule has 17 heavy (non-hydrogen) atoms. The van der Waals surface area contributed by atoms with Crippen LogP contribution in [-0.2, 0) is 0 Å². The van der Waals surface area contributed by atoms with Crippen LogP contribution in [0.4, 0.5) is 0 Å². The molecule has 0 radical (unpaired) electrons. The van der Waals surface area contributed by atoms with Gasteiger partial charge in [0.2, 0.25) is 0 Å². The largest absolute Gasteiger partial charge is 0.454 e. The number of fused-ring (bicyclic) bond motifs is 1. The first-order valence-electron chi connectivity index (χ1n) is 5.14. The van der Waals surface area contributed by atoms with Gasteiger partial charge >= 0.3 is 0 Å². The van der Waals surface area contributed by atoms with Gasteiger partial charge < -0.3 is 4.42 Å². The molecule has 82 valence electrons. The molecule has 3 aromatic rings. The van der Waals surface area contributed by atoms with Crippen LogP contribution in [0.2, 0.25) is 0 Å². The van der Waals surface area contributed by atoms with Crippen molar-refractivity contribution in [2.75, 3.05) is 0 Å². The Balaban J connectivity index is 2.30. The Morgan fingerprint density at radius 2 is 2.00 bits per heavy atom. The lowest BCUT2D eigenvalue weighted by molar-refractivity contribution is 0.616. The normalized spacial score (nSPS) is 10.6. The topological polar surface area (TPSA) is 56.0 Å². The average molecular weight is 224 g/mol. The number of benzene rings is 1. The minimum atomic E-state index is -0.0690. The monoisotopic (exact) mass is 224 g/mol. The van der Waals surface area contributed by atoms with E-state index in [0.29, 0.717) is 22.4 Å². The van der Waals surface area contributed by atoms with Gasteiger partial charge in [-0.1, -0.05) is 12.1 Å². The number of nitrogens with zero attached hydrogens (tertiary/aromatic N) is 2. The van der Waals surface area contributed by atoms with Gasteiger partial charge in [0.15, 0.2) is 11.2 Å². The molecule has 0 amide bonds. The van der Waals surface area contributed by atoms with Crippen LogP contribution in [0.3, 0.4) is 0 Å². The number of hydrogen-bond acceptors (Lipinski definition) is 4. The molecular formula is C13H8N2O2. The van der Waals surface area contributed by atoms with Gasteiger partial charge in [0.05, 0.1) is 5.39 Å². The standard InChI is InChI=1S/C13H8N2O2/c16-11-7-13(10-5-6-14-8-15-10)17-12-4-2-1-3-9(11)12/h1-8H. The van der Waals surface area contributed by atoms with Crippen LogP contribution in [0.15, 0.2) is 58.1 Å². The lowest BCUT2D eigenvalue weighted by atomic mass is 10.2. The molecule has 0 N–H and O–H groups in total. The first-order chi connectivity index (χ1) is 8.34. The third-order valence-electron chi connectivity index (χ3n) is 2.47. The van der Waals surface area contributed by atoms with E-state index in [4.69, 9.17) is 4.42 Å². The van der Waals surface area contributed by atoms with E-state index in [0.717, 1.165) is 0 Å². The zero-order valence-corrected chi connectivity index (χ0v) is 8.83. The third kappa shape index (κ3) is 1.69. The third-order valence-corrected chi connectivity index (χ3v) is 2.47. The molecule has 0 unspecified atom stereocenters. The zero-order valence-electron chi connectivity index (χ0n) is 8.83. The van der Waals surface area contributed by atoms with Gasteiger partial charge in [-0.2, -0.15) is 0 Å². The van der Waals surface area contributed by atoms with Crippen molar-refractivity contribution in [2.24, 2.45) is 0 Å². The van der Waals surface area contributed by atoms with Crippen molar-refractivity contribution in [1.82, 2.24) is 9.97 Å². The first-order valence-corrected chi connectivity index (χ1v) is 5.14. The average Bonchev–Trinajstić information content (AvgIpc) is 2.40. The molecule has 4 nitrogen and oxygen atoms in total. The van der Waals surface area contributed by atoms with Gasteiger partial charge in [-0.3, -0.25) is 4.79 Å². The van der Waals surface area contributed by atoms with E-state index in [1.807, 2.05) is 12.1 Å². The highest BCUT2D eigenvalue weighted by molar-refractivity contribution is 5.77. The summed E-state index contributed by atoms with van der Waals surface area (Å²) < 4.78 is 5.64. The summed E-state index contributed by atoms with van der Waals surface area (Å²) in [5.74, 6) is 0.455. The van der Waals surface area contributed by atoms with E-state index in [1.54, 1.807) is 24.4 Å². The van der Waals surface area contributed by atoms with Crippen molar-refractivity contribution in [3.63, 3.8) is 0 Å². The molecule has 1 aromatic carbocycles. The molecule has 0 aliphatic rings. The Kier molecular flexibility index (Phi) is 2.19. The maximum absolute atomic E-state index is 11.9. The fraction of sp³-hybridized carbons (Fsp3) is 0. The van der Waals surface area contributed by atoms with Gasteiger partial charge in [-0.15, -0.1) is 0 Å². The van der Waals surface area contributed by atoms with Gasteiger partial charge in [-0.05, 0) is 18.2 Å². The lowest BCUT2D eigenvalue weighted by Crippen LogP contribution is -2.00. The zero-order chi connectivity index (χ0) is 11.7. The fourth-order valence-corrected chi connectivity index (χ4v) is 1.67. The maximum Gasteiger partial charge on any atom is 0.193 e. The highest BCUT2D eigenvalue weighted by Crippen LogP contribution is 2.19. The van der Waals surface area contributed by atoms with Crippen LogP contribution in [0, 0.1) is 0 Å². The number of rotatable bonds is 1. The van der Waals surface area contributed by atoms with E-state index < -0.39 is 0 Å².